The highest BCUT2D eigenvalue weighted by molar-refractivity contribution is 7.80. The van der Waals surface area contributed by atoms with Crippen molar-refractivity contribution in [3.63, 3.8) is 0 Å². The molecule has 0 saturated carbocycles. The molecule has 1 aromatic rings. The predicted octanol–water partition coefficient (Wildman–Crippen LogP) is -0.454. The number of carbonyl (C=O) groups excluding carboxylic acids is 3. The van der Waals surface area contributed by atoms with E-state index < -0.39 is 60.2 Å². The molecule has 0 aromatic heterocycles. The highest BCUT2D eigenvalue weighted by Gasteiger charge is 2.30. The van der Waals surface area contributed by atoms with Gasteiger partial charge in [-0.3, -0.25) is 19.2 Å². The van der Waals surface area contributed by atoms with Gasteiger partial charge in [-0.25, -0.2) is 4.79 Å². The zero-order chi connectivity index (χ0) is 25.8. The van der Waals surface area contributed by atoms with Gasteiger partial charge in [0.1, 0.15) is 18.1 Å². The van der Waals surface area contributed by atoms with E-state index in [-0.39, 0.29) is 24.5 Å². The summed E-state index contributed by atoms with van der Waals surface area (Å²) in [6.07, 6.45) is -0.308. The number of thiol groups is 1. The summed E-state index contributed by atoms with van der Waals surface area (Å²) in [5, 5.41) is 25.1. The maximum atomic E-state index is 12.9. The largest absolute Gasteiger partial charge is 0.481 e. The Balaban J connectivity index is 2.85. The van der Waals surface area contributed by atoms with Gasteiger partial charge in [0.25, 0.3) is 0 Å². The van der Waals surface area contributed by atoms with Crippen LogP contribution < -0.4 is 21.7 Å². The van der Waals surface area contributed by atoms with Crippen molar-refractivity contribution in [3.05, 3.63) is 35.9 Å². The van der Waals surface area contributed by atoms with E-state index in [0.717, 1.165) is 5.56 Å². The first-order valence-electron chi connectivity index (χ1n) is 10.7. The third-order valence-corrected chi connectivity index (χ3v) is 5.15. The molecule has 0 radical (unpaired) electrons. The Morgan fingerprint density at radius 2 is 1.41 bits per heavy atom. The molecule has 0 heterocycles. The molecule has 11 nitrogen and oxygen atoms in total. The average molecular weight is 497 g/mol. The first-order valence-corrected chi connectivity index (χ1v) is 11.3. The monoisotopic (exact) mass is 496 g/mol. The summed E-state index contributed by atoms with van der Waals surface area (Å²) in [5.41, 5.74) is 6.86. The number of aliphatic carboxylic acids is 2. The summed E-state index contributed by atoms with van der Waals surface area (Å²) in [4.78, 5) is 60.0. The zero-order valence-electron chi connectivity index (χ0n) is 19.1. The average Bonchev–Trinajstić information content (AvgIpc) is 2.76. The summed E-state index contributed by atoms with van der Waals surface area (Å²) in [7, 11) is 0. The van der Waals surface area contributed by atoms with Gasteiger partial charge in [-0.05, 0) is 24.3 Å². The van der Waals surface area contributed by atoms with Crippen LogP contribution in [0.25, 0.3) is 0 Å². The molecule has 12 heteroatoms. The van der Waals surface area contributed by atoms with Crippen LogP contribution in [0, 0.1) is 5.92 Å². The number of hydrogen-bond acceptors (Lipinski definition) is 7. The molecule has 0 spiro atoms. The number of carbonyl (C=O) groups is 5. The molecular weight excluding hydrogens is 464 g/mol. The molecular formula is C22H32N4O7S. The smallest absolute Gasteiger partial charge is 0.326 e. The SMILES string of the molecule is CC(C)CC(NC(=O)C(N)Cc1ccccc1)C(=O)NC(CS)C(=O)NC(CC(=O)O)C(=O)O. The normalized spacial score (nSPS) is 14.4. The first kappa shape index (κ1) is 28.9. The molecule has 0 bridgehead atoms. The Morgan fingerprint density at radius 3 is 1.91 bits per heavy atom. The van der Waals surface area contributed by atoms with Crippen LogP contribution in [-0.2, 0) is 30.4 Å². The van der Waals surface area contributed by atoms with Gasteiger partial charge >= 0.3 is 11.9 Å². The lowest BCUT2D eigenvalue weighted by Gasteiger charge is -2.25. The molecule has 4 unspecified atom stereocenters. The molecule has 0 aliphatic rings. The van der Waals surface area contributed by atoms with Crippen molar-refractivity contribution in [1.82, 2.24) is 16.0 Å². The minimum absolute atomic E-state index is 0.0108. The van der Waals surface area contributed by atoms with E-state index in [0.29, 0.717) is 0 Å². The molecule has 188 valence electrons. The highest BCUT2D eigenvalue weighted by Crippen LogP contribution is 2.08. The van der Waals surface area contributed by atoms with Gasteiger partial charge in [0.15, 0.2) is 0 Å². The number of nitrogens with one attached hydrogen (secondary N) is 3. The number of hydrogen-bond donors (Lipinski definition) is 7. The van der Waals surface area contributed by atoms with Crippen LogP contribution >= 0.6 is 12.6 Å². The van der Waals surface area contributed by atoms with Crippen LogP contribution in [0.3, 0.4) is 0 Å². The quantitative estimate of drug-likeness (QED) is 0.169. The second-order valence-corrected chi connectivity index (χ2v) is 8.59. The fourth-order valence-corrected chi connectivity index (χ4v) is 3.31. The van der Waals surface area contributed by atoms with E-state index in [1.807, 2.05) is 44.2 Å². The zero-order valence-corrected chi connectivity index (χ0v) is 20.0. The minimum atomic E-state index is -1.67. The first-order chi connectivity index (χ1) is 15.9. The van der Waals surface area contributed by atoms with Crippen molar-refractivity contribution in [3.8, 4) is 0 Å². The molecule has 34 heavy (non-hydrogen) atoms. The molecule has 0 aliphatic heterocycles. The predicted molar refractivity (Wildman–Crippen MR) is 127 cm³/mol. The molecule has 1 rings (SSSR count). The third-order valence-electron chi connectivity index (χ3n) is 4.78. The molecule has 0 aliphatic carbocycles. The number of benzene rings is 1. The summed E-state index contributed by atoms with van der Waals surface area (Å²) < 4.78 is 0. The lowest BCUT2D eigenvalue weighted by molar-refractivity contribution is -0.147. The fourth-order valence-electron chi connectivity index (χ4n) is 3.06. The van der Waals surface area contributed by atoms with Crippen LogP contribution in [-0.4, -0.2) is 69.8 Å². The maximum Gasteiger partial charge on any atom is 0.326 e. The Morgan fingerprint density at radius 1 is 0.882 bits per heavy atom. The van der Waals surface area contributed by atoms with E-state index in [1.165, 1.54) is 0 Å². The Kier molecular flexibility index (Phi) is 12.1. The molecule has 4 atom stereocenters. The van der Waals surface area contributed by atoms with Crippen molar-refractivity contribution in [2.24, 2.45) is 11.7 Å². The molecule has 3 amide bonds. The van der Waals surface area contributed by atoms with Crippen molar-refractivity contribution in [1.29, 1.82) is 0 Å². The lowest BCUT2D eigenvalue weighted by Crippen LogP contribution is -2.58. The topological polar surface area (TPSA) is 188 Å². The summed E-state index contributed by atoms with van der Waals surface area (Å²) >= 11 is 4.02. The molecule has 7 N–H and O–H groups in total. The van der Waals surface area contributed by atoms with Crippen LogP contribution in [0.15, 0.2) is 30.3 Å². The van der Waals surface area contributed by atoms with Crippen molar-refractivity contribution < 1.29 is 34.2 Å². The lowest BCUT2D eigenvalue weighted by atomic mass is 10.0. The van der Waals surface area contributed by atoms with Crippen LogP contribution in [0.2, 0.25) is 0 Å². The van der Waals surface area contributed by atoms with E-state index >= 15 is 0 Å². The van der Waals surface area contributed by atoms with E-state index in [2.05, 4.69) is 28.6 Å². The number of rotatable bonds is 14. The van der Waals surface area contributed by atoms with Crippen molar-refractivity contribution in [2.45, 2.75) is 57.3 Å². The number of amides is 3. The molecule has 0 fully saturated rings. The second kappa shape index (κ2) is 14.2. The van der Waals surface area contributed by atoms with Gasteiger partial charge in [-0.1, -0.05) is 44.2 Å². The van der Waals surface area contributed by atoms with Crippen molar-refractivity contribution >= 4 is 42.3 Å². The highest BCUT2D eigenvalue weighted by atomic mass is 32.1. The molecule has 0 saturated heterocycles. The van der Waals surface area contributed by atoms with Gasteiger partial charge in [0, 0.05) is 5.75 Å². The van der Waals surface area contributed by atoms with E-state index in [1.54, 1.807) is 0 Å². The van der Waals surface area contributed by atoms with Crippen LogP contribution in [0.1, 0.15) is 32.3 Å². The standard InChI is InChI=1S/C22H32N4O7S/c1-12(2)8-15(24-19(29)14(23)9-13-6-4-3-5-7-13)20(30)26-17(11-34)21(31)25-16(22(32)33)10-18(27)28/h3-7,12,14-17,34H,8-11,23H2,1-2H3,(H,24,29)(H,25,31)(H,26,30)(H,27,28)(H,32,33). The Labute approximate surface area is 203 Å². The Hall–Kier alpha value is -3.12. The number of carboxylic acid groups (broad SMARTS) is 2. The number of nitrogens with two attached hydrogens (primary N) is 1. The number of carboxylic acids is 2. The van der Waals surface area contributed by atoms with E-state index in [4.69, 9.17) is 15.9 Å². The van der Waals surface area contributed by atoms with Crippen LogP contribution in [0.4, 0.5) is 0 Å². The van der Waals surface area contributed by atoms with Gasteiger partial charge in [-0.15, -0.1) is 0 Å². The fraction of sp³-hybridized carbons (Fsp3) is 0.500. The minimum Gasteiger partial charge on any atom is -0.481 e. The van der Waals surface area contributed by atoms with Gasteiger partial charge < -0.3 is 31.9 Å². The van der Waals surface area contributed by atoms with Gasteiger partial charge in [0.05, 0.1) is 12.5 Å². The van der Waals surface area contributed by atoms with Crippen LogP contribution in [0.5, 0.6) is 0 Å². The summed E-state index contributed by atoms with van der Waals surface area (Å²) in [6, 6.07) is 4.31. The maximum absolute atomic E-state index is 12.9. The summed E-state index contributed by atoms with van der Waals surface area (Å²) in [6.45, 7) is 3.70. The molecule has 1 aromatic carbocycles. The third kappa shape index (κ3) is 10.2. The Bertz CT molecular complexity index is 866. The van der Waals surface area contributed by atoms with Gasteiger partial charge in [-0.2, -0.15) is 12.6 Å². The van der Waals surface area contributed by atoms with Gasteiger partial charge in [0.2, 0.25) is 17.7 Å². The van der Waals surface area contributed by atoms with E-state index in [9.17, 15) is 24.0 Å². The summed E-state index contributed by atoms with van der Waals surface area (Å²) in [5.74, 6) is -5.24. The second-order valence-electron chi connectivity index (χ2n) is 8.23. The van der Waals surface area contributed by atoms with Crippen molar-refractivity contribution in [2.75, 3.05) is 5.75 Å².